The molecule has 2 aromatic heterocycles. The molecule has 3 rings (SSSR count). The molecule has 3 aromatic rings. The van der Waals surface area contributed by atoms with E-state index in [0.29, 0.717) is 29.1 Å². The molecule has 0 atom stereocenters. The van der Waals surface area contributed by atoms with E-state index in [1.54, 1.807) is 6.07 Å². The summed E-state index contributed by atoms with van der Waals surface area (Å²) in [6.45, 7) is 4.10. The number of hydrogen-bond acceptors (Lipinski definition) is 2. The van der Waals surface area contributed by atoms with Gasteiger partial charge in [-0.05, 0) is 42.7 Å². The Labute approximate surface area is 140 Å². The molecule has 0 aliphatic rings. The third-order valence-electron chi connectivity index (χ3n) is 3.98. The monoisotopic (exact) mass is 325 g/mol. The molecule has 0 aliphatic heterocycles. The smallest absolute Gasteiger partial charge is 0.274 e. The maximum atomic E-state index is 13.6. The van der Waals surface area contributed by atoms with Crippen LogP contribution in [0.1, 0.15) is 42.0 Å². The molecule has 0 unspecified atom stereocenters. The summed E-state index contributed by atoms with van der Waals surface area (Å²) >= 11 is 0. The number of amides is 1. The molecule has 0 saturated heterocycles. The Hall–Kier alpha value is -2.69. The van der Waals surface area contributed by atoms with E-state index in [1.165, 1.54) is 22.2 Å². The molecular formula is C19H20FN3O. The average Bonchev–Trinajstić information content (AvgIpc) is 2.93. The third-order valence-corrected chi connectivity index (χ3v) is 3.98. The molecule has 124 valence electrons. The molecule has 0 spiro atoms. The Morgan fingerprint density at radius 1 is 1.17 bits per heavy atom. The number of carbonyl (C=O) groups is 1. The highest BCUT2D eigenvalue weighted by molar-refractivity contribution is 6.04. The predicted octanol–water partition coefficient (Wildman–Crippen LogP) is 4.24. The number of fused-ring (bicyclic) bond motifs is 1. The number of pyridine rings is 1. The van der Waals surface area contributed by atoms with Crippen LogP contribution in [0.3, 0.4) is 0 Å². The van der Waals surface area contributed by atoms with Gasteiger partial charge in [-0.25, -0.2) is 9.37 Å². The van der Waals surface area contributed by atoms with Crippen molar-refractivity contribution in [3.05, 3.63) is 65.4 Å². The number of aromatic nitrogens is 2. The maximum Gasteiger partial charge on any atom is 0.274 e. The van der Waals surface area contributed by atoms with E-state index in [9.17, 15) is 9.18 Å². The second kappa shape index (κ2) is 6.83. The molecule has 1 amide bonds. The lowest BCUT2D eigenvalue weighted by atomic mass is 10.1. The van der Waals surface area contributed by atoms with Gasteiger partial charge in [0.1, 0.15) is 17.2 Å². The van der Waals surface area contributed by atoms with E-state index in [2.05, 4.69) is 17.2 Å². The number of anilines is 1. The summed E-state index contributed by atoms with van der Waals surface area (Å²) in [5.41, 5.74) is 3.57. The second-order valence-corrected chi connectivity index (χ2v) is 5.74. The van der Waals surface area contributed by atoms with Crippen LogP contribution >= 0.6 is 0 Å². The third kappa shape index (κ3) is 3.15. The van der Waals surface area contributed by atoms with Crippen LogP contribution in [0.25, 0.3) is 5.65 Å². The first-order chi connectivity index (χ1) is 11.6. The molecule has 0 aliphatic carbocycles. The van der Waals surface area contributed by atoms with Gasteiger partial charge in [-0.1, -0.05) is 32.4 Å². The number of hydrogen-bond donors (Lipinski definition) is 1. The first kappa shape index (κ1) is 16.2. The highest BCUT2D eigenvalue weighted by Crippen LogP contribution is 2.18. The van der Waals surface area contributed by atoms with E-state index < -0.39 is 5.82 Å². The minimum Gasteiger partial charge on any atom is -0.321 e. The molecule has 2 heterocycles. The first-order valence-corrected chi connectivity index (χ1v) is 8.19. The lowest BCUT2D eigenvalue weighted by Gasteiger charge is -2.08. The Bertz CT molecular complexity index is 868. The van der Waals surface area contributed by atoms with Crippen molar-refractivity contribution in [3.8, 4) is 0 Å². The summed E-state index contributed by atoms with van der Waals surface area (Å²) in [6.07, 6.45) is 3.77. The van der Waals surface area contributed by atoms with Crippen LogP contribution in [0.15, 0.2) is 42.6 Å². The van der Waals surface area contributed by atoms with Gasteiger partial charge in [0.2, 0.25) is 0 Å². The highest BCUT2D eigenvalue weighted by Gasteiger charge is 2.19. The zero-order valence-corrected chi connectivity index (χ0v) is 13.8. The van der Waals surface area contributed by atoms with Crippen molar-refractivity contribution in [1.29, 1.82) is 0 Å². The number of rotatable bonds is 5. The quantitative estimate of drug-likeness (QED) is 0.762. The normalized spacial score (nSPS) is 11.0. The van der Waals surface area contributed by atoms with E-state index in [-0.39, 0.29) is 5.91 Å². The summed E-state index contributed by atoms with van der Waals surface area (Å²) in [7, 11) is 0. The Balaban J connectivity index is 1.97. The van der Waals surface area contributed by atoms with Crippen molar-refractivity contribution >= 4 is 17.2 Å². The van der Waals surface area contributed by atoms with Crippen molar-refractivity contribution in [1.82, 2.24) is 9.38 Å². The van der Waals surface area contributed by atoms with Gasteiger partial charge in [0.25, 0.3) is 5.91 Å². The van der Waals surface area contributed by atoms with E-state index >= 15 is 0 Å². The highest BCUT2D eigenvalue weighted by atomic mass is 19.1. The number of aryl methyl sites for hydroxylation is 2. The molecule has 5 heteroatoms. The lowest BCUT2D eigenvalue weighted by molar-refractivity contribution is 0.102. The molecule has 0 fully saturated rings. The minimum atomic E-state index is -0.399. The standard InChI is InChI=1S/C19H20FN3O/c1-3-5-16-18(23-12-14(20)8-11-17(23)22-16)19(24)21-15-9-6-13(4-2)7-10-15/h6-12H,3-5H2,1-2H3,(H,21,24). The maximum absolute atomic E-state index is 13.6. The molecule has 0 saturated carbocycles. The summed E-state index contributed by atoms with van der Waals surface area (Å²) in [5.74, 6) is -0.676. The van der Waals surface area contributed by atoms with Crippen molar-refractivity contribution in [2.75, 3.05) is 5.32 Å². The molecule has 0 bridgehead atoms. The van der Waals surface area contributed by atoms with Crippen molar-refractivity contribution < 1.29 is 9.18 Å². The van der Waals surface area contributed by atoms with Crippen molar-refractivity contribution in [2.24, 2.45) is 0 Å². The zero-order valence-electron chi connectivity index (χ0n) is 13.8. The van der Waals surface area contributed by atoms with Crippen LogP contribution < -0.4 is 5.32 Å². The fourth-order valence-corrected chi connectivity index (χ4v) is 2.73. The van der Waals surface area contributed by atoms with Gasteiger partial charge >= 0.3 is 0 Å². The number of nitrogens with one attached hydrogen (secondary N) is 1. The Morgan fingerprint density at radius 2 is 1.92 bits per heavy atom. The van der Waals surface area contributed by atoms with Gasteiger partial charge in [0, 0.05) is 11.9 Å². The van der Waals surface area contributed by atoms with Crippen LogP contribution in [0, 0.1) is 5.82 Å². The van der Waals surface area contributed by atoms with Crippen LogP contribution in [0.4, 0.5) is 10.1 Å². The summed E-state index contributed by atoms with van der Waals surface area (Å²) < 4.78 is 15.1. The van der Waals surface area contributed by atoms with Crippen molar-refractivity contribution in [3.63, 3.8) is 0 Å². The number of nitrogens with zero attached hydrogens (tertiary/aromatic N) is 2. The number of imidazole rings is 1. The van der Waals surface area contributed by atoms with Crippen LogP contribution in [0.2, 0.25) is 0 Å². The van der Waals surface area contributed by atoms with Gasteiger partial charge in [0.05, 0.1) is 5.69 Å². The van der Waals surface area contributed by atoms with Crippen molar-refractivity contribution in [2.45, 2.75) is 33.1 Å². The van der Waals surface area contributed by atoms with Gasteiger partial charge in [0.15, 0.2) is 0 Å². The fraction of sp³-hybridized carbons (Fsp3) is 0.263. The first-order valence-electron chi connectivity index (χ1n) is 8.19. The number of halogens is 1. The lowest BCUT2D eigenvalue weighted by Crippen LogP contribution is -2.16. The minimum absolute atomic E-state index is 0.277. The number of benzene rings is 1. The molecule has 24 heavy (non-hydrogen) atoms. The Kier molecular flexibility index (Phi) is 4.60. The molecule has 4 nitrogen and oxygen atoms in total. The fourth-order valence-electron chi connectivity index (χ4n) is 2.73. The van der Waals surface area contributed by atoms with E-state index in [4.69, 9.17) is 0 Å². The summed E-state index contributed by atoms with van der Waals surface area (Å²) in [6, 6.07) is 10.7. The topological polar surface area (TPSA) is 46.4 Å². The Morgan fingerprint density at radius 3 is 2.58 bits per heavy atom. The van der Waals surface area contributed by atoms with Crippen LogP contribution in [-0.4, -0.2) is 15.3 Å². The molecular weight excluding hydrogens is 305 g/mol. The summed E-state index contributed by atoms with van der Waals surface area (Å²) in [4.78, 5) is 17.2. The molecule has 0 radical (unpaired) electrons. The van der Waals surface area contributed by atoms with Gasteiger partial charge in [-0.15, -0.1) is 0 Å². The summed E-state index contributed by atoms with van der Waals surface area (Å²) in [5, 5.41) is 2.88. The average molecular weight is 325 g/mol. The van der Waals surface area contributed by atoms with Gasteiger partial charge < -0.3 is 5.32 Å². The van der Waals surface area contributed by atoms with Crippen LogP contribution in [-0.2, 0) is 12.8 Å². The predicted molar refractivity (Wildman–Crippen MR) is 92.9 cm³/mol. The zero-order chi connectivity index (χ0) is 17.1. The van der Waals surface area contributed by atoms with Gasteiger partial charge in [-0.2, -0.15) is 0 Å². The molecule has 1 aromatic carbocycles. The van der Waals surface area contributed by atoms with E-state index in [0.717, 1.165) is 12.8 Å². The largest absolute Gasteiger partial charge is 0.321 e. The second-order valence-electron chi connectivity index (χ2n) is 5.74. The number of carbonyl (C=O) groups excluding carboxylic acids is 1. The SMILES string of the molecule is CCCc1nc2ccc(F)cn2c1C(=O)Nc1ccc(CC)cc1. The van der Waals surface area contributed by atoms with Crippen LogP contribution in [0.5, 0.6) is 0 Å². The molecule has 1 N–H and O–H groups in total. The van der Waals surface area contributed by atoms with E-state index in [1.807, 2.05) is 31.2 Å². The van der Waals surface area contributed by atoms with Gasteiger partial charge in [-0.3, -0.25) is 9.20 Å².